The first-order valence-corrected chi connectivity index (χ1v) is 6.13. The third kappa shape index (κ3) is 5.52. The molecule has 1 amide bonds. The van der Waals surface area contributed by atoms with Crippen LogP contribution in [-0.4, -0.2) is 30.1 Å². The summed E-state index contributed by atoms with van der Waals surface area (Å²) in [5.41, 5.74) is 1.48. The molecule has 0 aromatic heterocycles. The summed E-state index contributed by atoms with van der Waals surface area (Å²) >= 11 is 0. The summed E-state index contributed by atoms with van der Waals surface area (Å²) < 4.78 is 5.01. The molecule has 0 radical (unpaired) electrons. The van der Waals surface area contributed by atoms with Gasteiger partial charge in [-0.1, -0.05) is 12.1 Å². The van der Waals surface area contributed by atoms with Crippen LogP contribution in [0.5, 0.6) is 0 Å². The topological polar surface area (TPSA) is 75.6 Å². The van der Waals surface area contributed by atoms with E-state index in [1.165, 1.54) is 0 Å². The average molecular weight is 265 g/mol. The lowest BCUT2D eigenvalue weighted by molar-refractivity contribution is -0.137. The van der Waals surface area contributed by atoms with Crippen molar-refractivity contribution in [2.24, 2.45) is 0 Å². The Bertz CT molecular complexity index is 445. The highest BCUT2D eigenvalue weighted by molar-refractivity contribution is 5.94. The third-order valence-electron chi connectivity index (χ3n) is 2.67. The highest BCUT2D eigenvalue weighted by Gasteiger charge is 2.11. The summed E-state index contributed by atoms with van der Waals surface area (Å²) in [5.74, 6) is -1.06. The second-order valence-corrected chi connectivity index (χ2v) is 4.44. The molecule has 104 valence electrons. The molecule has 0 bridgehead atoms. The first kappa shape index (κ1) is 15.2. The van der Waals surface area contributed by atoms with Crippen molar-refractivity contribution < 1.29 is 19.4 Å². The van der Waals surface area contributed by atoms with Crippen LogP contribution in [0.4, 0.5) is 0 Å². The zero-order valence-corrected chi connectivity index (χ0v) is 11.2. The standard InChI is InChI=1S/C14H19NO4/c1-10(6-7-13(16)17)15-14(18)12-5-3-4-11(8-12)9-19-2/h3-5,8,10H,6-7,9H2,1-2H3,(H,15,18)(H,16,17). The number of ether oxygens (including phenoxy) is 1. The number of carboxylic acids is 1. The molecule has 5 nitrogen and oxygen atoms in total. The van der Waals surface area contributed by atoms with Gasteiger partial charge in [0.25, 0.3) is 5.91 Å². The molecule has 1 unspecified atom stereocenters. The maximum atomic E-state index is 12.0. The molecule has 1 rings (SSSR count). The van der Waals surface area contributed by atoms with Gasteiger partial charge < -0.3 is 15.2 Å². The number of amides is 1. The molecule has 0 spiro atoms. The van der Waals surface area contributed by atoms with Crippen LogP contribution in [0.25, 0.3) is 0 Å². The van der Waals surface area contributed by atoms with Gasteiger partial charge >= 0.3 is 5.97 Å². The van der Waals surface area contributed by atoms with E-state index in [-0.39, 0.29) is 18.4 Å². The van der Waals surface area contributed by atoms with Gasteiger partial charge in [0, 0.05) is 25.1 Å². The molecule has 0 aliphatic heterocycles. The van der Waals surface area contributed by atoms with Crippen LogP contribution < -0.4 is 5.32 Å². The van der Waals surface area contributed by atoms with Crippen LogP contribution in [0.2, 0.25) is 0 Å². The SMILES string of the molecule is COCc1cccc(C(=O)NC(C)CCC(=O)O)c1. The number of carbonyl (C=O) groups excluding carboxylic acids is 1. The second kappa shape index (κ2) is 7.53. The Morgan fingerprint density at radius 3 is 2.79 bits per heavy atom. The fraction of sp³-hybridized carbons (Fsp3) is 0.429. The van der Waals surface area contributed by atoms with Gasteiger partial charge in [-0.2, -0.15) is 0 Å². The quantitative estimate of drug-likeness (QED) is 0.788. The zero-order valence-electron chi connectivity index (χ0n) is 11.2. The molecule has 1 aromatic carbocycles. The zero-order chi connectivity index (χ0) is 14.3. The lowest BCUT2D eigenvalue weighted by Crippen LogP contribution is -2.33. The van der Waals surface area contributed by atoms with Crippen molar-refractivity contribution in [2.75, 3.05) is 7.11 Å². The van der Waals surface area contributed by atoms with Gasteiger partial charge in [0.2, 0.25) is 0 Å². The molecule has 0 aliphatic carbocycles. The maximum absolute atomic E-state index is 12.0. The Labute approximate surface area is 112 Å². The molecule has 0 aliphatic rings. The van der Waals surface area contributed by atoms with E-state index in [0.717, 1.165) is 5.56 Å². The van der Waals surface area contributed by atoms with E-state index in [4.69, 9.17) is 9.84 Å². The summed E-state index contributed by atoms with van der Waals surface area (Å²) in [7, 11) is 1.60. The number of carbonyl (C=O) groups is 2. The van der Waals surface area contributed by atoms with Crippen LogP contribution in [0.15, 0.2) is 24.3 Å². The Kier molecular flexibility index (Phi) is 6.02. The molecule has 1 atom stereocenters. The van der Waals surface area contributed by atoms with Gasteiger partial charge in [-0.3, -0.25) is 9.59 Å². The van der Waals surface area contributed by atoms with Crippen molar-refractivity contribution in [3.8, 4) is 0 Å². The van der Waals surface area contributed by atoms with Crippen molar-refractivity contribution >= 4 is 11.9 Å². The Balaban J connectivity index is 2.57. The van der Waals surface area contributed by atoms with Gasteiger partial charge in [-0.25, -0.2) is 0 Å². The summed E-state index contributed by atoms with van der Waals surface area (Å²) in [6, 6.07) is 7.00. The largest absolute Gasteiger partial charge is 0.481 e. The number of hydrogen-bond acceptors (Lipinski definition) is 3. The number of aliphatic carboxylic acids is 1. The number of nitrogens with one attached hydrogen (secondary N) is 1. The molecule has 1 aromatic rings. The van der Waals surface area contributed by atoms with E-state index in [0.29, 0.717) is 18.6 Å². The monoisotopic (exact) mass is 265 g/mol. The van der Waals surface area contributed by atoms with Crippen LogP contribution in [-0.2, 0) is 16.1 Å². The van der Waals surface area contributed by atoms with Crippen molar-refractivity contribution in [1.82, 2.24) is 5.32 Å². The molecule has 0 heterocycles. The van der Waals surface area contributed by atoms with Crippen LogP contribution >= 0.6 is 0 Å². The van der Waals surface area contributed by atoms with Crippen molar-refractivity contribution in [1.29, 1.82) is 0 Å². The minimum absolute atomic E-state index is 0.0468. The molecule has 0 saturated heterocycles. The second-order valence-electron chi connectivity index (χ2n) is 4.44. The number of benzene rings is 1. The molecule has 2 N–H and O–H groups in total. The highest BCUT2D eigenvalue weighted by Crippen LogP contribution is 2.07. The molecule has 19 heavy (non-hydrogen) atoms. The Morgan fingerprint density at radius 1 is 1.42 bits per heavy atom. The Hall–Kier alpha value is -1.88. The first-order valence-electron chi connectivity index (χ1n) is 6.13. The van der Waals surface area contributed by atoms with Gasteiger partial charge in [0.15, 0.2) is 0 Å². The number of hydrogen-bond donors (Lipinski definition) is 2. The van der Waals surface area contributed by atoms with E-state index in [2.05, 4.69) is 5.32 Å². The summed E-state index contributed by atoms with van der Waals surface area (Å²) in [5, 5.41) is 11.4. The minimum Gasteiger partial charge on any atom is -0.481 e. The Morgan fingerprint density at radius 2 is 2.16 bits per heavy atom. The van der Waals surface area contributed by atoms with Crippen molar-refractivity contribution in [2.45, 2.75) is 32.4 Å². The lowest BCUT2D eigenvalue weighted by atomic mass is 10.1. The fourth-order valence-corrected chi connectivity index (χ4v) is 1.69. The normalized spacial score (nSPS) is 11.9. The van der Waals surface area contributed by atoms with Crippen LogP contribution in [0.3, 0.4) is 0 Å². The summed E-state index contributed by atoms with van der Waals surface area (Å²) in [4.78, 5) is 22.4. The third-order valence-corrected chi connectivity index (χ3v) is 2.67. The number of methoxy groups -OCH3 is 1. The maximum Gasteiger partial charge on any atom is 0.303 e. The summed E-state index contributed by atoms with van der Waals surface area (Å²) in [6.45, 7) is 2.25. The van der Waals surface area contributed by atoms with E-state index in [9.17, 15) is 9.59 Å². The number of rotatable bonds is 7. The number of carboxylic acid groups (broad SMARTS) is 1. The van der Waals surface area contributed by atoms with E-state index in [1.807, 2.05) is 6.07 Å². The van der Waals surface area contributed by atoms with Crippen LogP contribution in [0.1, 0.15) is 35.7 Å². The van der Waals surface area contributed by atoms with Crippen LogP contribution in [0, 0.1) is 0 Å². The smallest absolute Gasteiger partial charge is 0.303 e. The summed E-state index contributed by atoms with van der Waals surface area (Å²) in [6.07, 6.45) is 0.462. The van der Waals surface area contributed by atoms with Gasteiger partial charge in [0.1, 0.15) is 0 Å². The van der Waals surface area contributed by atoms with E-state index in [1.54, 1.807) is 32.2 Å². The van der Waals surface area contributed by atoms with Crippen molar-refractivity contribution in [3.05, 3.63) is 35.4 Å². The average Bonchev–Trinajstić information content (AvgIpc) is 2.37. The molecule has 0 fully saturated rings. The highest BCUT2D eigenvalue weighted by atomic mass is 16.5. The fourth-order valence-electron chi connectivity index (χ4n) is 1.69. The predicted molar refractivity (Wildman–Crippen MR) is 71.0 cm³/mol. The van der Waals surface area contributed by atoms with E-state index < -0.39 is 5.97 Å². The molecular formula is C14H19NO4. The van der Waals surface area contributed by atoms with Crippen molar-refractivity contribution in [3.63, 3.8) is 0 Å². The van der Waals surface area contributed by atoms with Gasteiger partial charge in [-0.05, 0) is 31.0 Å². The molecule has 0 saturated carbocycles. The minimum atomic E-state index is -0.858. The van der Waals surface area contributed by atoms with Gasteiger partial charge in [-0.15, -0.1) is 0 Å². The molecular weight excluding hydrogens is 246 g/mol. The van der Waals surface area contributed by atoms with E-state index >= 15 is 0 Å². The first-order chi connectivity index (χ1) is 9.02. The van der Waals surface area contributed by atoms with Gasteiger partial charge in [0.05, 0.1) is 6.61 Å². The lowest BCUT2D eigenvalue weighted by Gasteiger charge is -2.13. The molecule has 5 heteroatoms. The predicted octanol–water partition coefficient (Wildman–Crippen LogP) is 1.82.